The minimum absolute atomic E-state index is 0.0657. The van der Waals surface area contributed by atoms with Crippen molar-refractivity contribution in [1.29, 1.82) is 0 Å². The Kier molecular flexibility index (Phi) is 2.69. The smallest absolute Gasteiger partial charge is 0.421 e. The lowest BCUT2D eigenvalue weighted by molar-refractivity contribution is -0.268. The number of methoxy groups -OCH3 is 1. The van der Waals surface area contributed by atoms with Crippen LogP contribution in [0.2, 0.25) is 0 Å². The zero-order valence-corrected chi connectivity index (χ0v) is 9.14. The second-order valence-corrected chi connectivity index (χ2v) is 3.95. The normalized spacial score (nSPS) is 23.8. The SMILES string of the molecule is COc1ccc2c(c1)NCCC2(O)C(F)(F)F. The largest absolute Gasteiger partial charge is 0.497 e. The summed E-state index contributed by atoms with van der Waals surface area (Å²) in [5.41, 5.74) is -2.67. The van der Waals surface area contributed by atoms with Crippen molar-refractivity contribution in [2.75, 3.05) is 19.0 Å². The van der Waals surface area contributed by atoms with Crippen molar-refractivity contribution in [2.45, 2.75) is 18.2 Å². The maximum atomic E-state index is 12.9. The minimum atomic E-state index is -4.68. The Labute approximate surface area is 96.2 Å². The summed E-state index contributed by atoms with van der Waals surface area (Å²) in [6.45, 7) is 0.0657. The number of hydrogen-bond acceptors (Lipinski definition) is 3. The van der Waals surface area contributed by atoms with Gasteiger partial charge in [0, 0.05) is 30.3 Å². The molecule has 0 saturated heterocycles. The third-order valence-electron chi connectivity index (χ3n) is 2.94. The summed E-state index contributed by atoms with van der Waals surface area (Å²) in [5, 5.41) is 12.6. The summed E-state index contributed by atoms with van der Waals surface area (Å²) >= 11 is 0. The number of aliphatic hydroxyl groups is 1. The van der Waals surface area contributed by atoms with Crippen LogP contribution in [0.4, 0.5) is 18.9 Å². The van der Waals surface area contributed by atoms with Gasteiger partial charge in [0.2, 0.25) is 0 Å². The van der Waals surface area contributed by atoms with Gasteiger partial charge in [-0.15, -0.1) is 0 Å². The van der Waals surface area contributed by atoms with Crippen LogP contribution in [0.5, 0.6) is 5.75 Å². The molecular weight excluding hydrogens is 235 g/mol. The van der Waals surface area contributed by atoms with Crippen molar-refractivity contribution in [3.63, 3.8) is 0 Å². The van der Waals surface area contributed by atoms with Crippen molar-refractivity contribution >= 4 is 5.69 Å². The number of rotatable bonds is 1. The van der Waals surface area contributed by atoms with Crippen LogP contribution < -0.4 is 10.1 Å². The first-order valence-electron chi connectivity index (χ1n) is 5.10. The van der Waals surface area contributed by atoms with E-state index >= 15 is 0 Å². The molecule has 0 bridgehead atoms. The van der Waals surface area contributed by atoms with E-state index in [-0.39, 0.29) is 17.8 Å². The van der Waals surface area contributed by atoms with Crippen LogP contribution in [0.1, 0.15) is 12.0 Å². The van der Waals surface area contributed by atoms with Crippen molar-refractivity contribution in [3.8, 4) is 5.75 Å². The third kappa shape index (κ3) is 1.82. The van der Waals surface area contributed by atoms with Crippen LogP contribution in [0, 0.1) is 0 Å². The van der Waals surface area contributed by atoms with E-state index in [1.165, 1.54) is 25.3 Å². The van der Waals surface area contributed by atoms with E-state index in [2.05, 4.69) is 5.32 Å². The maximum absolute atomic E-state index is 12.9. The van der Waals surface area contributed by atoms with Gasteiger partial charge in [0.1, 0.15) is 5.75 Å². The van der Waals surface area contributed by atoms with Crippen LogP contribution >= 0.6 is 0 Å². The summed E-state index contributed by atoms with van der Waals surface area (Å²) in [6, 6.07) is 4.10. The lowest BCUT2D eigenvalue weighted by Crippen LogP contribution is -2.46. The van der Waals surface area contributed by atoms with Crippen LogP contribution in [0.25, 0.3) is 0 Å². The molecule has 1 atom stereocenters. The number of alkyl halides is 3. The first kappa shape index (κ1) is 12.0. The molecule has 0 radical (unpaired) electrons. The zero-order valence-electron chi connectivity index (χ0n) is 9.14. The molecule has 17 heavy (non-hydrogen) atoms. The fourth-order valence-electron chi connectivity index (χ4n) is 1.96. The standard InChI is InChI=1S/C11H12F3NO2/c1-17-7-2-3-8-9(6-7)15-5-4-10(8,16)11(12,13)14/h2-3,6,15-16H,4-5H2,1H3. The molecule has 0 aromatic heterocycles. The predicted molar refractivity (Wildman–Crippen MR) is 56.1 cm³/mol. The molecule has 1 aromatic carbocycles. The lowest BCUT2D eigenvalue weighted by Gasteiger charge is -2.36. The molecule has 3 nitrogen and oxygen atoms in total. The van der Waals surface area contributed by atoms with Gasteiger partial charge in [-0.05, 0) is 6.07 Å². The summed E-state index contributed by atoms with van der Waals surface area (Å²) in [5.74, 6) is 0.447. The lowest BCUT2D eigenvalue weighted by atomic mass is 9.85. The molecule has 0 fully saturated rings. The van der Waals surface area contributed by atoms with Gasteiger partial charge in [0.15, 0.2) is 5.60 Å². The van der Waals surface area contributed by atoms with Crippen LogP contribution in [0.3, 0.4) is 0 Å². The number of hydrogen-bond donors (Lipinski definition) is 2. The van der Waals surface area contributed by atoms with E-state index in [0.717, 1.165) is 0 Å². The van der Waals surface area contributed by atoms with E-state index in [1.807, 2.05) is 0 Å². The fourth-order valence-corrected chi connectivity index (χ4v) is 1.96. The van der Waals surface area contributed by atoms with Crippen molar-refractivity contribution in [1.82, 2.24) is 0 Å². The Morgan fingerprint density at radius 3 is 2.71 bits per heavy atom. The number of anilines is 1. The molecule has 1 aliphatic rings. The number of ether oxygens (including phenoxy) is 1. The number of benzene rings is 1. The highest BCUT2D eigenvalue weighted by Gasteiger charge is 2.56. The molecule has 0 aliphatic carbocycles. The van der Waals surface area contributed by atoms with Crippen LogP contribution in [-0.4, -0.2) is 24.9 Å². The van der Waals surface area contributed by atoms with Crippen molar-refractivity contribution < 1.29 is 23.0 Å². The summed E-state index contributed by atoms with van der Waals surface area (Å²) in [6.07, 6.45) is -5.08. The molecule has 6 heteroatoms. The van der Waals surface area contributed by atoms with Gasteiger partial charge < -0.3 is 15.2 Å². The van der Waals surface area contributed by atoms with E-state index in [9.17, 15) is 18.3 Å². The first-order valence-corrected chi connectivity index (χ1v) is 5.10. The topological polar surface area (TPSA) is 41.5 Å². The predicted octanol–water partition coefficient (Wildman–Crippen LogP) is 2.26. The van der Waals surface area contributed by atoms with Crippen LogP contribution in [0.15, 0.2) is 18.2 Å². The second kappa shape index (κ2) is 3.80. The van der Waals surface area contributed by atoms with Gasteiger partial charge in [-0.1, -0.05) is 6.07 Å². The average molecular weight is 247 g/mol. The minimum Gasteiger partial charge on any atom is -0.497 e. The number of nitrogens with one attached hydrogen (secondary N) is 1. The quantitative estimate of drug-likeness (QED) is 0.799. The van der Waals surface area contributed by atoms with Gasteiger partial charge in [-0.25, -0.2) is 0 Å². The molecule has 2 N–H and O–H groups in total. The van der Waals surface area contributed by atoms with Gasteiger partial charge in [-0.3, -0.25) is 0 Å². The highest BCUT2D eigenvalue weighted by Crippen LogP contribution is 2.47. The molecule has 2 rings (SSSR count). The Morgan fingerprint density at radius 1 is 1.41 bits per heavy atom. The van der Waals surface area contributed by atoms with E-state index in [1.54, 1.807) is 0 Å². The number of fused-ring (bicyclic) bond motifs is 1. The third-order valence-corrected chi connectivity index (χ3v) is 2.94. The Hall–Kier alpha value is -1.43. The molecule has 1 heterocycles. The monoisotopic (exact) mass is 247 g/mol. The van der Waals surface area contributed by atoms with Gasteiger partial charge in [0.25, 0.3) is 0 Å². The molecule has 0 spiro atoms. The molecule has 1 aromatic rings. The zero-order chi connectivity index (χ0) is 12.7. The molecule has 1 aliphatic heterocycles. The fraction of sp³-hybridized carbons (Fsp3) is 0.455. The van der Waals surface area contributed by atoms with Gasteiger partial charge in [0.05, 0.1) is 7.11 Å². The summed E-state index contributed by atoms with van der Waals surface area (Å²) < 4.78 is 43.6. The molecule has 0 amide bonds. The molecule has 1 unspecified atom stereocenters. The maximum Gasteiger partial charge on any atom is 0.421 e. The first-order chi connectivity index (χ1) is 7.88. The number of halogens is 3. The highest BCUT2D eigenvalue weighted by atomic mass is 19.4. The molecule has 94 valence electrons. The van der Waals surface area contributed by atoms with Gasteiger partial charge >= 0.3 is 6.18 Å². The summed E-state index contributed by atoms with van der Waals surface area (Å²) in [7, 11) is 1.43. The Balaban J connectivity index is 2.52. The van der Waals surface area contributed by atoms with E-state index < -0.39 is 18.2 Å². The van der Waals surface area contributed by atoms with Crippen LogP contribution in [-0.2, 0) is 5.60 Å². The van der Waals surface area contributed by atoms with E-state index in [4.69, 9.17) is 4.74 Å². The Bertz CT molecular complexity index is 433. The van der Waals surface area contributed by atoms with Crippen molar-refractivity contribution in [2.24, 2.45) is 0 Å². The summed E-state index contributed by atoms with van der Waals surface area (Å²) in [4.78, 5) is 0. The van der Waals surface area contributed by atoms with E-state index in [0.29, 0.717) is 5.75 Å². The second-order valence-electron chi connectivity index (χ2n) is 3.95. The van der Waals surface area contributed by atoms with Crippen molar-refractivity contribution in [3.05, 3.63) is 23.8 Å². The van der Waals surface area contributed by atoms with Gasteiger partial charge in [-0.2, -0.15) is 13.2 Å². The average Bonchev–Trinajstić information content (AvgIpc) is 2.27. The molecule has 0 saturated carbocycles. The molecular formula is C11H12F3NO2. The Morgan fingerprint density at radius 2 is 2.12 bits per heavy atom. The highest BCUT2D eigenvalue weighted by molar-refractivity contribution is 5.59.